The lowest BCUT2D eigenvalue weighted by atomic mass is 10.1. The Kier molecular flexibility index (Phi) is 7.91. The van der Waals surface area contributed by atoms with Crippen LogP contribution in [0.2, 0.25) is 0 Å². The number of nitrogens with zero attached hydrogens (tertiary/aromatic N) is 4. The Morgan fingerprint density at radius 2 is 1.20 bits per heavy atom. The van der Waals surface area contributed by atoms with Crippen molar-refractivity contribution < 1.29 is 28.4 Å². The fraction of sp³-hybridized carbons (Fsp3) is 0.194. The summed E-state index contributed by atoms with van der Waals surface area (Å²) in [6, 6.07) is 15.3. The highest BCUT2D eigenvalue weighted by Gasteiger charge is 2.20. The Balaban J connectivity index is 1.71. The highest BCUT2D eigenvalue weighted by Crippen LogP contribution is 2.43. The zero-order valence-corrected chi connectivity index (χ0v) is 23.7. The molecule has 0 unspecified atom stereocenters. The van der Waals surface area contributed by atoms with Crippen molar-refractivity contribution >= 4 is 17.7 Å². The third kappa shape index (κ3) is 5.19. The van der Waals surface area contributed by atoms with Gasteiger partial charge in [-0.1, -0.05) is 0 Å². The number of imidazole rings is 1. The van der Waals surface area contributed by atoms with Crippen LogP contribution in [-0.2, 0) is 0 Å². The third-order valence-electron chi connectivity index (χ3n) is 6.58. The Morgan fingerprint density at radius 3 is 1.73 bits per heavy atom. The second kappa shape index (κ2) is 11.9. The number of aliphatic imine (C=N–C) groups is 1. The number of ether oxygens (including phenoxy) is 6. The largest absolute Gasteiger partial charge is 0.493 e. The molecule has 0 aliphatic carbocycles. The average molecular weight is 555 g/mol. The monoisotopic (exact) mass is 554 g/mol. The summed E-state index contributed by atoms with van der Waals surface area (Å²) in [5.74, 6) is 3.67. The first kappa shape index (κ1) is 27.3. The number of pyridine rings is 2. The van der Waals surface area contributed by atoms with Crippen molar-refractivity contribution in [3.8, 4) is 56.9 Å². The van der Waals surface area contributed by atoms with Crippen LogP contribution < -0.4 is 28.4 Å². The van der Waals surface area contributed by atoms with E-state index in [0.29, 0.717) is 51.7 Å². The van der Waals surface area contributed by atoms with E-state index in [1.807, 2.05) is 59.1 Å². The van der Waals surface area contributed by atoms with Crippen LogP contribution in [0.1, 0.15) is 5.56 Å². The van der Waals surface area contributed by atoms with E-state index in [0.717, 1.165) is 22.3 Å². The minimum Gasteiger partial charge on any atom is -0.493 e. The van der Waals surface area contributed by atoms with Crippen molar-refractivity contribution in [1.82, 2.24) is 14.4 Å². The van der Waals surface area contributed by atoms with E-state index < -0.39 is 0 Å². The molecular formula is C31H30N4O6. The number of fused-ring (bicyclic) bond motifs is 1. The predicted molar refractivity (Wildman–Crippen MR) is 157 cm³/mol. The van der Waals surface area contributed by atoms with Crippen LogP contribution in [0.4, 0.5) is 5.82 Å². The molecule has 3 heterocycles. The van der Waals surface area contributed by atoms with Gasteiger partial charge in [-0.05, 0) is 59.7 Å². The van der Waals surface area contributed by atoms with Crippen molar-refractivity contribution in [2.75, 3.05) is 42.7 Å². The lowest BCUT2D eigenvalue weighted by Gasteiger charge is -2.14. The maximum Gasteiger partial charge on any atom is 0.203 e. The summed E-state index contributed by atoms with van der Waals surface area (Å²) in [7, 11) is 9.44. The number of aromatic nitrogens is 3. The molecule has 0 bridgehead atoms. The lowest BCUT2D eigenvalue weighted by Crippen LogP contribution is -1.97. The fourth-order valence-electron chi connectivity index (χ4n) is 4.60. The van der Waals surface area contributed by atoms with E-state index in [9.17, 15) is 0 Å². The Bertz CT molecular complexity index is 1670. The minimum absolute atomic E-state index is 0.491. The van der Waals surface area contributed by atoms with E-state index in [-0.39, 0.29) is 0 Å². The smallest absolute Gasteiger partial charge is 0.203 e. The maximum absolute atomic E-state index is 5.61. The van der Waals surface area contributed by atoms with Crippen molar-refractivity contribution in [2.45, 2.75) is 0 Å². The van der Waals surface area contributed by atoms with Crippen molar-refractivity contribution in [3.63, 3.8) is 0 Å². The molecule has 3 aromatic heterocycles. The van der Waals surface area contributed by atoms with E-state index in [1.54, 1.807) is 61.3 Å². The number of hydrogen-bond donors (Lipinski definition) is 0. The number of rotatable bonds is 10. The first-order valence-electron chi connectivity index (χ1n) is 12.6. The number of methoxy groups -OCH3 is 6. The fourth-order valence-corrected chi connectivity index (χ4v) is 4.60. The quantitative estimate of drug-likeness (QED) is 0.198. The van der Waals surface area contributed by atoms with E-state index >= 15 is 0 Å². The van der Waals surface area contributed by atoms with Crippen LogP contribution in [0.5, 0.6) is 34.5 Å². The van der Waals surface area contributed by atoms with Crippen LogP contribution in [0.15, 0.2) is 72.1 Å². The lowest BCUT2D eigenvalue weighted by molar-refractivity contribution is 0.324. The van der Waals surface area contributed by atoms with Gasteiger partial charge in [0.15, 0.2) is 28.8 Å². The molecule has 41 heavy (non-hydrogen) atoms. The van der Waals surface area contributed by atoms with Gasteiger partial charge in [-0.2, -0.15) is 0 Å². The molecule has 0 aliphatic heterocycles. The Labute approximate surface area is 237 Å². The average Bonchev–Trinajstić information content (AvgIpc) is 3.40. The third-order valence-corrected chi connectivity index (χ3v) is 6.58. The van der Waals surface area contributed by atoms with Gasteiger partial charge < -0.3 is 28.4 Å². The Hall–Kier alpha value is -5.25. The molecule has 0 saturated carbocycles. The molecule has 10 heteroatoms. The normalized spacial score (nSPS) is 11.1. The highest BCUT2D eigenvalue weighted by atomic mass is 16.5. The summed E-state index contributed by atoms with van der Waals surface area (Å²) < 4.78 is 35.2. The molecule has 0 radical (unpaired) electrons. The second-order valence-corrected chi connectivity index (χ2v) is 8.79. The molecule has 0 fully saturated rings. The van der Waals surface area contributed by atoms with Crippen LogP contribution in [0.25, 0.3) is 28.0 Å². The van der Waals surface area contributed by atoms with Crippen molar-refractivity contribution in [2.24, 2.45) is 4.99 Å². The van der Waals surface area contributed by atoms with E-state index in [2.05, 4.69) is 4.98 Å². The molecule has 0 amide bonds. The van der Waals surface area contributed by atoms with E-state index in [1.165, 1.54) is 0 Å². The predicted octanol–water partition coefficient (Wildman–Crippen LogP) is 5.87. The summed E-state index contributed by atoms with van der Waals surface area (Å²) in [6.45, 7) is 0. The second-order valence-electron chi connectivity index (χ2n) is 8.79. The standard InChI is InChI=1S/C31H30N4O6/c1-36-23-13-19(14-24(37-2)29(23)40-5)18-33-31-28(22-15-25(38-3)30(41-6)26(16-22)39-4)34-27-17-21(9-12-35(27)31)20-7-10-32-11-8-20/h7-18H,1-6H3/b33-18+. The summed E-state index contributed by atoms with van der Waals surface area (Å²) >= 11 is 0. The highest BCUT2D eigenvalue weighted by molar-refractivity contribution is 5.88. The molecule has 0 saturated heterocycles. The van der Waals surface area contributed by atoms with Gasteiger partial charge in [-0.25, -0.2) is 9.98 Å². The molecular weight excluding hydrogens is 524 g/mol. The van der Waals surface area contributed by atoms with Crippen molar-refractivity contribution in [1.29, 1.82) is 0 Å². The van der Waals surface area contributed by atoms with Crippen LogP contribution in [0, 0.1) is 0 Å². The molecule has 5 aromatic rings. The molecule has 210 valence electrons. The molecule has 0 spiro atoms. The molecule has 0 atom stereocenters. The molecule has 2 aromatic carbocycles. The first-order chi connectivity index (χ1) is 20.0. The number of hydrogen-bond acceptors (Lipinski definition) is 9. The van der Waals surface area contributed by atoms with Gasteiger partial charge in [0.1, 0.15) is 11.3 Å². The molecule has 10 nitrogen and oxygen atoms in total. The summed E-state index contributed by atoms with van der Waals surface area (Å²) in [5, 5.41) is 0. The first-order valence-corrected chi connectivity index (χ1v) is 12.6. The van der Waals surface area contributed by atoms with Gasteiger partial charge in [-0.15, -0.1) is 0 Å². The van der Waals surface area contributed by atoms with Crippen LogP contribution >= 0.6 is 0 Å². The van der Waals surface area contributed by atoms with E-state index in [4.69, 9.17) is 38.4 Å². The zero-order chi connectivity index (χ0) is 28.9. The van der Waals surface area contributed by atoms with Crippen LogP contribution in [-0.4, -0.2) is 63.2 Å². The summed E-state index contributed by atoms with van der Waals surface area (Å²) in [4.78, 5) is 14.0. The maximum atomic E-state index is 5.61. The van der Waals surface area contributed by atoms with Gasteiger partial charge in [0.25, 0.3) is 0 Å². The zero-order valence-electron chi connectivity index (χ0n) is 23.7. The van der Waals surface area contributed by atoms with Gasteiger partial charge >= 0.3 is 0 Å². The molecule has 5 rings (SSSR count). The van der Waals surface area contributed by atoms with Gasteiger partial charge in [0.05, 0.1) is 42.7 Å². The summed E-state index contributed by atoms with van der Waals surface area (Å²) in [5.41, 5.74) is 4.85. The molecule has 0 aliphatic rings. The number of benzene rings is 2. The topological polar surface area (TPSA) is 97.9 Å². The van der Waals surface area contributed by atoms with Crippen LogP contribution in [0.3, 0.4) is 0 Å². The minimum atomic E-state index is 0.491. The van der Waals surface area contributed by atoms with Gasteiger partial charge in [-0.3, -0.25) is 9.38 Å². The summed E-state index contributed by atoms with van der Waals surface area (Å²) in [6.07, 6.45) is 7.20. The van der Waals surface area contributed by atoms with Gasteiger partial charge in [0.2, 0.25) is 11.5 Å². The van der Waals surface area contributed by atoms with Crippen molar-refractivity contribution in [3.05, 3.63) is 72.7 Å². The van der Waals surface area contributed by atoms with Gasteiger partial charge in [0, 0.05) is 35.9 Å². The Morgan fingerprint density at radius 1 is 0.634 bits per heavy atom. The molecule has 0 N–H and O–H groups in total. The SMILES string of the molecule is COc1cc(/C=N/c2c(-c3cc(OC)c(OC)c(OC)c3)nc3cc(-c4ccncc4)ccn23)cc(OC)c1OC.